The van der Waals surface area contributed by atoms with Crippen LogP contribution in [0.15, 0.2) is 48.5 Å². The number of benzene rings is 2. The molecule has 0 heterocycles. The summed E-state index contributed by atoms with van der Waals surface area (Å²) in [5.74, 6) is -0.969. The van der Waals surface area contributed by atoms with E-state index in [2.05, 4.69) is 10.6 Å². The lowest BCUT2D eigenvalue weighted by Gasteiger charge is -2.13. The molecule has 7 heteroatoms. The Labute approximate surface area is 157 Å². The molecular weight excluding hydrogens is 348 g/mol. The molecule has 2 amide bonds. The third kappa shape index (κ3) is 6.81. The summed E-state index contributed by atoms with van der Waals surface area (Å²) in [5.41, 5.74) is 1.91. The molecule has 2 aromatic rings. The SMILES string of the molecule is COc1cc(NC(=O)CCCC(=O)O)ccc1NC(=O)Cc1ccccc1. The maximum atomic E-state index is 12.2. The molecule has 0 radical (unpaired) electrons. The third-order valence-corrected chi connectivity index (χ3v) is 3.76. The number of carbonyl (C=O) groups is 3. The van der Waals surface area contributed by atoms with Crippen molar-refractivity contribution < 1.29 is 24.2 Å². The Bertz CT molecular complexity index is 805. The molecular formula is C20H22N2O5. The maximum Gasteiger partial charge on any atom is 0.303 e. The van der Waals surface area contributed by atoms with Crippen LogP contribution in [0.5, 0.6) is 5.75 Å². The summed E-state index contributed by atoms with van der Waals surface area (Å²) in [6, 6.07) is 14.3. The van der Waals surface area contributed by atoms with Crippen LogP contribution in [-0.2, 0) is 20.8 Å². The van der Waals surface area contributed by atoms with Crippen LogP contribution in [-0.4, -0.2) is 30.0 Å². The fourth-order valence-electron chi connectivity index (χ4n) is 2.47. The van der Waals surface area contributed by atoms with E-state index in [9.17, 15) is 14.4 Å². The van der Waals surface area contributed by atoms with Gasteiger partial charge in [-0.15, -0.1) is 0 Å². The van der Waals surface area contributed by atoms with Gasteiger partial charge >= 0.3 is 5.97 Å². The lowest BCUT2D eigenvalue weighted by molar-refractivity contribution is -0.137. The van der Waals surface area contributed by atoms with Gasteiger partial charge < -0.3 is 20.5 Å². The average Bonchev–Trinajstić information content (AvgIpc) is 2.63. The molecule has 0 fully saturated rings. The van der Waals surface area contributed by atoms with Crippen molar-refractivity contribution in [3.05, 3.63) is 54.1 Å². The van der Waals surface area contributed by atoms with Gasteiger partial charge in [0.25, 0.3) is 0 Å². The van der Waals surface area contributed by atoms with E-state index in [0.29, 0.717) is 17.1 Å². The van der Waals surface area contributed by atoms with Crippen LogP contribution < -0.4 is 15.4 Å². The average molecular weight is 370 g/mol. The van der Waals surface area contributed by atoms with E-state index in [4.69, 9.17) is 9.84 Å². The molecule has 0 saturated carbocycles. The van der Waals surface area contributed by atoms with Crippen molar-refractivity contribution in [3.63, 3.8) is 0 Å². The van der Waals surface area contributed by atoms with Crippen molar-refractivity contribution in [1.82, 2.24) is 0 Å². The van der Waals surface area contributed by atoms with Crippen LogP contribution in [0.4, 0.5) is 11.4 Å². The zero-order chi connectivity index (χ0) is 19.6. The minimum Gasteiger partial charge on any atom is -0.494 e. The molecule has 0 atom stereocenters. The van der Waals surface area contributed by atoms with Gasteiger partial charge in [0.05, 0.1) is 19.2 Å². The summed E-state index contributed by atoms with van der Waals surface area (Å²) in [6.07, 6.45) is 0.575. The number of hydrogen-bond donors (Lipinski definition) is 3. The number of rotatable bonds is 9. The first-order valence-electron chi connectivity index (χ1n) is 8.51. The van der Waals surface area contributed by atoms with Crippen molar-refractivity contribution >= 4 is 29.2 Å². The molecule has 0 aliphatic heterocycles. The molecule has 7 nitrogen and oxygen atoms in total. The molecule has 27 heavy (non-hydrogen) atoms. The summed E-state index contributed by atoms with van der Waals surface area (Å²) in [5, 5.41) is 14.1. The zero-order valence-electron chi connectivity index (χ0n) is 15.0. The molecule has 0 aromatic heterocycles. The van der Waals surface area contributed by atoms with Crippen LogP contribution in [0.3, 0.4) is 0 Å². The highest BCUT2D eigenvalue weighted by Gasteiger charge is 2.11. The van der Waals surface area contributed by atoms with E-state index < -0.39 is 5.97 Å². The molecule has 142 valence electrons. The number of ether oxygens (including phenoxy) is 1. The number of amides is 2. The number of carboxylic acids is 1. The Morgan fingerprint density at radius 3 is 2.37 bits per heavy atom. The van der Waals surface area contributed by atoms with E-state index in [-0.39, 0.29) is 37.5 Å². The van der Waals surface area contributed by atoms with E-state index in [1.165, 1.54) is 7.11 Å². The number of aliphatic carboxylic acids is 1. The van der Waals surface area contributed by atoms with Gasteiger partial charge in [-0.3, -0.25) is 14.4 Å². The van der Waals surface area contributed by atoms with Gasteiger partial charge in [0.2, 0.25) is 11.8 Å². The second-order valence-corrected chi connectivity index (χ2v) is 5.92. The highest BCUT2D eigenvalue weighted by molar-refractivity contribution is 5.95. The standard InChI is InChI=1S/C20H22N2O5/c1-27-17-13-15(21-18(23)8-5-9-20(25)26)10-11-16(17)22-19(24)12-14-6-3-2-4-7-14/h2-4,6-7,10-11,13H,5,8-9,12H2,1H3,(H,21,23)(H,22,24)(H,25,26). The van der Waals surface area contributed by atoms with Gasteiger partial charge in [0, 0.05) is 24.6 Å². The Morgan fingerprint density at radius 2 is 1.70 bits per heavy atom. The van der Waals surface area contributed by atoms with Crippen LogP contribution in [0.2, 0.25) is 0 Å². The first-order valence-corrected chi connectivity index (χ1v) is 8.51. The minimum atomic E-state index is -0.930. The Morgan fingerprint density at radius 1 is 0.963 bits per heavy atom. The Balaban J connectivity index is 1.95. The van der Waals surface area contributed by atoms with Crippen molar-refractivity contribution in [3.8, 4) is 5.75 Å². The van der Waals surface area contributed by atoms with E-state index in [0.717, 1.165) is 5.56 Å². The van der Waals surface area contributed by atoms with Crippen LogP contribution in [0.25, 0.3) is 0 Å². The number of hydrogen-bond acceptors (Lipinski definition) is 4. The fraction of sp³-hybridized carbons (Fsp3) is 0.250. The number of carbonyl (C=O) groups excluding carboxylic acids is 2. The first kappa shape index (κ1) is 20.0. The van der Waals surface area contributed by atoms with Crippen LogP contribution in [0, 0.1) is 0 Å². The monoisotopic (exact) mass is 370 g/mol. The third-order valence-electron chi connectivity index (χ3n) is 3.76. The van der Waals surface area contributed by atoms with Crippen LogP contribution in [0.1, 0.15) is 24.8 Å². The summed E-state index contributed by atoms with van der Waals surface area (Å²) in [4.78, 5) is 34.5. The summed E-state index contributed by atoms with van der Waals surface area (Å²) < 4.78 is 5.29. The number of nitrogens with one attached hydrogen (secondary N) is 2. The molecule has 3 N–H and O–H groups in total. The van der Waals surface area contributed by atoms with Gasteiger partial charge in [-0.05, 0) is 24.1 Å². The first-order chi connectivity index (χ1) is 13.0. The van der Waals surface area contributed by atoms with Gasteiger partial charge in [0.15, 0.2) is 0 Å². The molecule has 2 rings (SSSR count). The highest BCUT2D eigenvalue weighted by Crippen LogP contribution is 2.28. The van der Waals surface area contributed by atoms with Crippen molar-refractivity contribution in [2.75, 3.05) is 17.7 Å². The normalized spacial score (nSPS) is 10.1. The second-order valence-electron chi connectivity index (χ2n) is 5.92. The van der Waals surface area contributed by atoms with Crippen molar-refractivity contribution in [2.24, 2.45) is 0 Å². The van der Waals surface area contributed by atoms with Gasteiger partial charge in [-0.2, -0.15) is 0 Å². The topological polar surface area (TPSA) is 105 Å². The highest BCUT2D eigenvalue weighted by atomic mass is 16.5. The van der Waals surface area contributed by atoms with E-state index in [1.54, 1.807) is 18.2 Å². The molecule has 0 unspecified atom stereocenters. The largest absolute Gasteiger partial charge is 0.494 e. The lowest BCUT2D eigenvalue weighted by Crippen LogP contribution is -2.15. The second kappa shape index (κ2) is 9.96. The van der Waals surface area contributed by atoms with E-state index in [1.807, 2.05) is 30.3 Å². The minimum absolute atomic E-state index is 0.0525. The molecule has 0 bridgehead atoms. The predicted molar refractivity (Wildman–Crippen MR) is 102 cm³/mol. The molecule has 2 aromatic carbocycles. The molecule has 0 aliphatic carbocycles. The number of anilines is 2. The number of carboxylic acid groups (broad SMARTS) is 1. The van der Waals surface area contributed by atoms with Gasteiger partial charge in [-0.25, -0.2) is 0 Å². The van der Waals surface area contributed by atoms with Crippen molar-refractivity contribution in [2.45, 2.75) is 25.7 Å². The molecule has 0 saturated heterocycles. The summed E-state index contributed by atoms with van der Waals surface area (Å²) in [7, 11) is 1.47. The van der Waals surface area contributed by atoms with E-state index >= 15 is 0 Å². The van der Waals surface area contributed by atoms with Gasteiger partial charge in [-0.1, -0.05) is 30.3 Å². The lowest BCUT2D eigenvalue weighted by atomic mass is 10.1. The van der Waals surface area contributed by atoms with Crippen LogP contribution >= 0.6 is 0 Å². The summed E-state index contributed by atoms with van der Waals surface area (Å²) >= 11 is 0. The quantitative estimate of drug-likeness (QED) is 0.629. The fourth-order valence-corrected chi connectivity index (χ4v) is 2.47. The maximum absolute atomic E-state index is 12.2. The zero-order valence-corrected chi connectivity index (χ0v) is 15.0. The Kier molecular flexibility index (Phi) is 7.37. The summed E-state index contributed by atoms with van der Waals surface area (Å²) in [6.45, 7) is 0. The molecule has 0 aliphatic rings. The number of methoxy groups -OCH3 is 1. The smallest absolute Gasteiger partial charge is 0.303 e. The predicted octanol–water partition coefficient (Wildman–Crippen LogP) is 3.07. The Hall–Kier alpha value is -3.35. The van der Waals surface area contributed by atoms with Gasteiger partial charge in [0.1, 0.15) is 5.75 Å². The molecule has 0 spiro atoms. The van der Waals surface area contributed by atoms with Crippen molar-refractivity contribution in [1.29, 1.82) is 0 Å².